The number of rotatable bonds is 5. The van der Waals surface area contributed by atoms with Gasteiger partial charge in [0.05, 0.1) is 0 Å². The van der Waals surface area contributed by atoms with E-state index in [-0.39, 0.29) is 31.6 Å². The van der Waals surface area contributed by atoms with Gasteiger partial charge in [0.25, 0.3) is 0 Å². The fourth-order valence-corrected chi connectivity index (χ4v) is 3.31. The maximum atomic E-state index is 12.5. The van der Waals surface area contributed by atoms with Crippen LogP contribution in [0.4, 0.5) is 11.4 Å². The molecule has 0 radical (unpaired) electrons. The third kappa shape index (κ3) is 4.22. The van der Waals surface area contributed by atoms with E-state index in [9.17, 15) is 9.59 Å². The van der Waals surface area contributed by atoms with Crippen LogP contribution >= 0.6 is 0 Å². The zero-order chi connectivity index (χ0) is 19.6. The summed E-state index contributed by atoms with van der Waals surface area (Å²) in [7, 11) is 0. The molecule has 1 aliphatic rings. The lowest BCUT2D eigenvalue weighted by Crippen LogP contribution is -2.32. The molecule has 0 atom stereocenters. The maximum absolute atomic E-state index is 12.5. The van der Waals surface area contributed by atoms with Gasteiger partial charge in [0.15, 0.2) is 11.5 Å². The molecule has 0 saturated heterocycles. The fourth-order valence-electron chi connectivity index (χ4n) is 3.31. The van der Waals surface area contributed by atoms with E-state index in [4.69, 9.17) is 9.47 Å². The Morgan fingerprint density at radius 3 is 2.37 bits per heavy atom. The molecule has 6 heteroatoms. The average Bonchev–Trinajstić information content (AvgIpc) is 3.05. The van der Waals surface area contributed by atoms with E-state index in [0.29, 0.717) is 17.2 Å². The normalized spacial score (nSPS) is 12.0. The second-order valence-corrected chi connectivity index (χ2v) is 6.78. The van der Waals surface area contributed by atoms with Crippen molar-refractivity contribution in [2.45, 2.75) is 34.1 Å². The summed E-state index contributed by atoms with van der Waals surface area (Å²) in [5, 5.41) is 2.97. The van der Waals surface area contributed by atoms with E-state index in [1.54, 1.807) is 23.1 Å². The Bertz CT molecular complexity index is 869. The molecule has 2 amide bonds. The van der Waals surface area contributed by atoms with Crippen molar-refractivity contribution in [2.75, 3.05) is 23.6 Å². The van der Waals surface area contributed by atoms with Crippen molar-refractivity contribution in [3.63, 3.8) is 0 Å². The molecule has 1 aliphatic heterocycles. The Hall–Kier alpha value is -3.02. The molecule has 2 aromatic carbocycles. The molecule has 3 rings (SSSR count). The van der Waals surface area contributed by atoms with E-state index >= 15 is 0 Å². The molecule has 27 heavy (non-hydrogen) atoms. The summed E-state index contributed by atoms with van der Waals surface area (Å²) in [6.07, 6.45) is 0.195. The fraction of sp³-hybridized carbons (Fsp3) is 0.333. The van der Waals surface area contributed by atoms with Gasteiger partial charge in [-0.3, -0.25) is 9.59 Å². The SMILES string of the molecule is CC(=O)N(CCC(=O)Nc1c(C)cc(C)cc1C)c1ccc2c(c1)OCO2. The number of hydrogen-bond donors (Lipinski definition) is 1. The monoisotopic (exact) mass is 368 g/mol. The van der Waals surface area contributed by atoms with Gasteiger partial charge in [-0.2, -0.15) is 0 Å². The van der Waals surface area contributed by atoms with Gasteiger partial charge in [0.2, 0.25) is 18.6 Å². The molecule has 0 unspecified atom stereocenters. The molecular weight excluding hydrogens is 344 g/mol. The van der Waals surface area contributed by atoms with E-state index in [1.165, 1.54) is 6.92 Å². The highest BCUT2D eigenvalue weighted by molar-refractivity contribution is 5.95. The van der Waals surface area contributed by atoms with Crippen LogP contribution < -0.4 is 19.7 Å². The lowest BCUT2D eigenvalue weighted by atomic mass is 10.0. The minimum absolute atomic E-state index is 0.128. The lowest BCUT2D eigenvalue weighted by molar-refractivity contribution is -0.117. The predicted molar refractivity (Wildman–Crippen MR) is 104 cm³/mol. The zero-order valence-electron chi connectivity index (χ0n) is 16.1. The number of anilines is 2. The molecule has 0 spiro atoms. The van der Waals surface area contributed by atoms with Crippen LogP contribution in [-0.2, 0) is 9.59 Å². The number of fused-ring (bicyclic) bond motifs is 1. The van der Waals surface area contributed by atoms with Crippen molar-refractivity contribution in [1.82, 2.24) is 0 Å². The molecule has 142 valence electrons. The van der Waals surface area contributed by atoms with Crippen molar-refractivity contribution < 1.29 is 19.1 Å². The molecule has 0 bridgehead atoms. The highest BCUT2D eigenvalue weighted by Gasteiger charge is 2.19. The average molecular weight is 368 g/mol. The van der Waals surface area contributed by atoms with Crippen molar-refractivity contribution in [1.29, 1.82) is 0 Å². The van der Waals surface area contributed by atoms with Crippen LogP contribution in [0.2, 0.25) is 0 Å². The number of carbonyl (C=O) groups excluding carboxylic acids is 2. The van der Waals surface area contributed by atoms with Gasteiger partial charge < -0.3 is 19.7 Å². The number of nitrogens with one attached hydrogen (secondary N) is 1. The number of hydrogen-bond acceptors (Lipinski definition) is 4. The number of amides is 2. The molecule has 1 N–H and O–H groups in total. The first-order valence-corrected chi connectivity index (χ1v) is 8.90. The van der Waals surface area contributed by atoms with E-state index in [1.807, 2.05) is 32.9 Å². The molecule has 2 aromatic rings. The largest absolute Gasteiger partial charge is 0.454 e. The number of carbonyl (C=O) groups is 2. The molecular formula is C21H24N2O4. The van der Waals surface area contributed by atoms with E-state index in [2.05, 4.69) is 5.32 Å². The molecule has 0 aromatic heterocycles. The number of nitrogens with zero attached hydrogens (tertiary/aromatic N) is 1. The number of benzene rings is 2. The van der Waals surface area contributed by atoms with Crippen LogP contribution in [0.1, 0.15) is 30.0 Å². The highest BCUT2D eigenvalue weighted by atomic mass is 16.7. The van der Waals surface area contributed by atoms with Crippen molar-refractivity contribution in [3.8, 4) is 11.5 Å². The lowest BCUT2D eigenvalue weighted by Gasteiger charge is -2.21. The third-order valence-corrected chi connectivity index (χ3v) is 4.55. The van der Waals surface area contributed by atoms with Gasteiger partial charge in [-0.1, -0.05) is 17.7 Å². The van der Waals surface area contributed by atoms with Crippen LogP contribution in [0.15, 0.2) is 30.3 Å². The quantitative estimate of drug-likeness (QED) is 0.873. The van der Waals surface area contributed by atoms with Crippen molar-refractivity contribution in [3.05, 3.63) is 47.0 Å². The predicted octanol–water partition coefficient (Wildman–Crippen LogP) is 3.72. The Morgan fingerprint density at radius 2 is 1.70 bits per heavy atom. The molecule has 0 aliphatic carbocycles. The van der Waals surface area contributed by atoms with Crippen molar-refractivity contribution in [2.24, 2.45) is 0 Å². The Kier molecular flexibility index (Phi) is 5.35. The third-order valence-electron chi connectivity index (χ3n) is 4.55. The summed E-state index contributed by atoms with van der Waals surface area (Å²) >= 11 is 0. The summed E-state index contributed by atoms with van der Waals surface area (Å²) in [5.74, 6) is 1.00. The molecule has 1 heterocycles. The van der Waals surface area contributed by atoms with Crippen LogP contribution in [0, 0.1) is 20.8 Å². The summed E-state index contributed by atoms with van der Waals surface area (Å²) in [5.41, 5.74) is 4.74. The van der Waals surface area contributed by atoms with E-state index in [0.717, 1.165) is 22.4 Å². The van der Waals surface area contributed by atoms with Gasteiger partial charge in [0, 0.05) is 37.3 Å². The van der Waals surface area contributed by atoms with Gasteiger partial charge in [-0.05, 0) is 44.0 Å². The minimum Gasteiger partial charge on any atom is -0.454 e. The molecule has 0 fully saturated rings. The maximum Gasteiger partial charge on any atom is 0.231 e. The molecule has 6 nitrogen and oxygen atoms in total. The number of aryl methyl sites for hydroxylation is 3. The van der Waals surface area contributed by atoms with E-state index < -0.39 is 0 Å². The Balaban J connectivity index is 1.68. The van der Waals surface area contributed by atoms with Crippen LogP contribution in [0.5, 0.6) is 11.5 Å². The van der Waals surface area contributed by atoms with Gasteiger partial charge >= 0.3 is 0 Å². The first-order chi connectivity index (χ1) is 12.8. The minimum atomic E-state index is -0.135. The second-order valence-electron chi connectivity index (χ2n) is 6.78. The summed E-state index contributed by atoms with van der Waals surface area (Å²) < 4.78 is 10.7. The Morgan fingerprint density at radius 1 is 1.04 bits per heavy atom. The highest BCUT2D eigenvalue weighted by Crippen LogP contribution is 2.35. The first kappa shape index (κ1) is 18.8. The summed E-state index contributed by atoms with van der Waals surface area (Å²) in [6, 6.07) is 9.40. The summed E-state index contributed by atoms with van der Waals surface area (Å²) in [6.45, 7) is 7.92. The first-order valence-electron chi connectivity index (χ1n) is 8.90. The smallest absolute Gasteiger partial charge is 0.231 e. The van der Waals surface area contributed by atoms with Crippen LogP contribution in [-0.4, -0.2) is 25.2 Å². The zero-order valence-corrected chi connectivity index (χ0v) is 16.1. The standard InChI is InChI=1S/C21H24N2O4/c1-13-9-14(2)21(15(3)10-13)22-20(25)7-8-23(16(4)24)17-5-6-18-19(11-17)27-12-26-18/h5-6,9-11H,7-8,12H2,1-4H3,(H,22,25). The molecule has 0 saturated carbocycles. The summed E-state index contributed by atoms with van der Waals surface area (Å²) in [4.78, 5) is 26.1. The van der Waals surface area contributed by atoms with Gasteiger partial charge in [-0.15, -0.1) is 0 Å². The Labute approximate surface area is 159 Å². The number of ether oxygens (including phenoxy) is 2. The van der Waals surface area contributed by atoms with Crippen LogP contribution in [0.3, 0.4) is 0 Å². The van der Waals surface area contributed by atoms with Gasteiger partial charge in [-0.25, -0.2) is 0 Å². The second kappa shape index (κ2) is 7.70. The van der Waals surface area contributed by atoms with Crippen molar-refractivity contribution >= 4 is 23.2 Å². The van der Waals surface area contributed by atoms with Crippen LogP contribution in [0.25, 0.3) is 0 Å². The van der Waals surface area contributed by atoms with Gasteiger partial charge in [0.1, 0.15) is 0 Å². The topological polar surface area (TPSA) is 67.9 Å².